The summed E-state index contributed by atoms with van der Waals surface area (Å²) in [5, 5.41) is 0. The molecule has 0 aliphatic rings. The zero-order chi connectivity index (χ0) is 16.7. The second kappa shape index (κ2) is 8.28. The van der Waals surface area contributed by atoms with Gasteiger partial charge in [-0.25, -0.2) is 4.79 Å². The molecule has 2 aromatic rings. The highest BCUT2D eigenvalue weighted by Gasteiger charge is 2.07. The monoisotopic (exact) mass is 310 g/mol. The normalized spacial score (nSPS) is 10.3. The molecule has 0 aliphatic carbocycles. The molecule has 0 unspecified atom stereocenters. The molecule has 0 aliphatic heterocycles. The van der Waals surface area contributed by atoms with E-state index >= 15 is 0 Å². The molecule has 0 amide bonds. The minimum absolute atomic E-state index is 0.200. The lowest BCUT2D eigenvalue weighted by molar-refractivity contribution is 0.0600. The molecule has 0 bridgehead atoms. The van der Waals surface area contributed by atoms with Gasteiger partial charge in [0.05, 0.1) is 12.7 Å². The molecule has 0 spiro atoms. The quantitative estimate of drug-likeness (QED) is 0.415. The molecule has 3 heteroatoms. The largest absolute Gasteiger partial charge is 0.465 e. The first-order chi connectivity index (χ1) is 11.2. The van der Waals surface area contributed by atoms with E-state index in [0.29, 0.717) is 12.0 Å². The van der Waals surface area contributed by atoms with Crippen molar-refractivity contribution in [2.45, 2.75) is 32.6 Å². The number of methoxy groups -OCH3 is 1. The van der Waals surface area contributed by atoms with E-state index in [2.05, 4.69) is 11.7 Å². The standard InChI is InChI=1S/C20H22O3/c1-3-4-5-6-19(21)17-11-7-15(8-12-17)16-9-13-18(14-10-16)20(22)23-2/h7-14H,3-6H2,1-2H3. The molecule has 0 N–H and O–H groups in total. The molecule has 0 aromatic heterocycles. The average molecular weight is 310 g/mol. The van der Waals surface area contributed by atoms with Crippen LogP contribution in [0.25, 0.3) is 11.1 Å². The Morgan fingerprint density at radius 1 is 0.826 bits per heavy atom. The molecule has 23 heavy (non-hydrogen) atoms. The fraction of sp³-hybridized carbons (Fsp3) is 0.300. The number of hydrogen-bond donors (Lipinski definition) is 0. The Labute approximate surface area is 137 Å². The molecule has 0 heterocycles. The second-order valence-electron chi connectivity index (χ2n) is 5.53. The summed E-state index contributed by atoms with van der Waals surface area (Å²) in [6, 6.07) is 14.9. The Morgan fingerprint density at radius 2 is 1.35 bits per heavy atom. The fourth-order valence-corrected chi connectivity index (χ4v) is 2.45. The van der Waals surface area contributed by atoms with Gasteiger partial charge in [-0.15, -0.1) is 0 Å². The summed E-state index contributed by atoms with van der Waals surface area (Å²) >= 11 is 0. The van der Waals surface area contributed by atoms with Gasteiger partial charge in [0.1, 0.15) is 0 Å². The molecule has 3 nitrogen and oxygen atoms in total. The first-order valence-corrected chi connectivity index (χ1v) is 7.97. The van der Waals surface area contributed by atoms with E-state index in [1.807, 2.05) is 36.4 Å². The van der Waals surface area contributed by atoms with E-state index in [0.717, 1.165) is 36.0 Å². The maximum Gasteiger partial charge on any atom is 0.337 e. The van der Waals surface area contributed by atoms with Crippen LogP contribution in [0.5, 0.6) is 0 Å². The van der Waals surface area contributed by atoms with E-state index in [-0.39, 0.29) is 11.8 Å². The Hall–Kier alpha value is -2.42. The summed E-state index contributed by atoms with van der Waals surface area (Å²) in [6.07, 6.45) is 3.78. The first-order valence-electron chi connectivity index (χ1n) is 7.97. The average Bonchev–Trinajstić information content (AvgIpc) is 2.61. The van der Waals surface area contributed by atoms with Crippen LogP contribution in [-0.4, -0.2) is 18.9 Å². The number of benzene rings is 2. The topological polar surface area (TPSA) is 43.4 Å². The predicted molar refractivity (Wildman–Crippen MR) is 91.7 cm³/mol. The van der Waals surface area contributed by atoms with E-state index in [1.54, 1.807) is 12.1 Å². The molecule has 0 fully saturated rings. The zero-order valence-corrected chi connectivity index (χ0v) is 13.7. The molecule has 0 atom stereocenters. The van der Waals surface area contributed by atoms with E-state index in [4.69, 9.17) is 0 Å². The summed E-state index contributed by atoms with van der Waals surface area (Å²) < 4.78 is 4.69. The van der Waals surface area contributed by atoms with Crippen molar-refractivity contribution in [3.63, 3.8) is 0 Å². The number of unbranched alkanes of at least 4 members (excludes halogenated alkanes) is 2. The maximum atomic E-state index is 12.1. The van der Waals surface area contributed by atoms with Gasteiger partial charge in [0.25, 0.3) is 0 Å². The Morgan fingerprint density at radius 3 is 1.83 bits per heavy atom. The third-order valence-electron chi connectivity index (χ3n) is 3.85. The molecule has 120 valence electrons. The van der Waals surface area contributed by atoms with Gasteiger partial charge >= 0.3 is 5.97 Å². The Bertz CT molecular complexity index is 654. The molecule has 2 rings (SSSR count). The van der Waals surface area contributed by atoms with Crippen molar-refractivity contribution >= 4 is 11.8 Å². The molecule has 0 radical (unpaired) electrons. The van der Waals surface area contributed by atoms with Gasteiger partial charge in [0.15, 0.2) is 5.78 Å². The van der Waals surface area contributed by atoms with Crippen LogP contribution < -0.4 is 0 Å². The summed E-state index contributed by atoms with van der Waals surface area (Å²) in [4.78, 5) is 23.5. The number of esters is 1. The van der Waals surface area contributed by atoms with Crippen molar-refractivity contribution in [1.29, 1.82) is 0 Å². The van der Waals surface area contributed by atoms with Gasteiger partial charge in [0, 0.05) is 12.0 Å². The van der Waals surface area contributed by atoms with Gasteiger partial charge < -0.3 is 4.74 Å². The van der Waals surface area contributed by atoms with Gasteiger partial charge in [0.2, 0.25) is 0 Å². The number of ketones is 1. The van der Waals surface area contributed by atoms with Crippen LogP contribution in [0.1, 0.15) is 53.3 Å². The zero-order valence-electron chi connectivity index (χ0n) is 13.7. The molecule has 0 saturated heterocycles. The highest BCUT2D eigenvalue weighted by atomic mass is 16.5. The van der Waals surface area contributed by atoms with Crippen LogP contribution in [0, 0.1) is 0 Å². The minimum Gasteiger partial charge on any atom is -0.465 e. The summed E-state index contributed by atoms with van der Waals surface area (Å²) in [5.41, 5.74) is 3.31. The third kappa shape index (κ3) is 4.52. The van der Waals surface area contributed by atoms with Crippen LogP contribution in [0.4, 0.5) is 0 Å². The number of hydrogen-bond acceptors (Lipinski definition) is 3. The number of carbonyl (C=O) groups is 2. The van der Waals surface area contributed by atoms with Gasteiger partial charge in [-0.3, -0.25) is 4.79 Å². The molecular formula is C20H22O3. The maximum absolute atomic E-state index is 12.1. The SMILES string of the molecule is CCCCCC(=O)c1ccc(-c2ccc(C(=O)OC)cc2)cc1. The number of ether oxygens (including phenoxy) is 1. The van der Waals surface area contributed by atoms with Gasteiger partial charge in [-0.1, -0.05) is 56.2 Å². The molecule has 0 saturated carbocycles. The van der Waals surface area contributed by atoms with E-state index in [9.17, 15) is 9.59 Å². The number of carbonyl (C=O) groups excluding carboxylic acids is 2. The highest BCUT2D eigenvalue weighted by Crippen LogP contribution is 2.21. The lowest BCUT2D eigenvalue weighted by atomic mass is 9.99. The summed E-state index contributed by atoms with van der Waals surface area (Å²) in [6.45, 7) is 2.13. The lowest BCUT2D eigenvalue weighted by Crippen LogP contribution is -2.00. The Balaban J connectivity index is 2.07. The van der Waals surface area contributed by atoms with Crippen molar-refractivity contribution < 1.29 is 14.3 Å². The van der Waals surface area contributed by atoms with Crippen LogP contribution >= 0.6 is 0 Å². The summed E-state index contributed by atoms with van der Waals surface area (Å²) in [5.74, 6) is -0.143. The minimum atomic E-state index is -0.343. The predicted octanol–water partition coefficient (Wildman–Crippen LogP) is 4.90. The fourth-order valence-electron chi connectivity index (χ4n) is 2.45. The van der Waals surface area contributed by atoms with Crippen molar-refractivity contribution in [1.82, 2.24) is 0 Å². The lowest BCUT2D eigenvalue weighted by Gasteiger charge is -2.05. The highest BCUT2D eigenvalue weighted by molar-refractivity contribution is 5.96. The van der Waals surface area contributed by atoms with E-state index < -0.39 is 0 Å². The van der Waals surface area contributed by atoms with Crippen molar-refractivity contribution in [3.8, 4) is 11.1 Å². The summed E-state index contributed by atoms with van der Waals surface area (Å²) in [7, 11) is 1.37. The van der Waals surface area contributed by atoms with E-state index in [1.165, 1.54) is 7.11 Å². The van der Waals surface area contributed by atoms with Gasteiger partial charge in [-0.2, -0.15) is 0 Å². The van der Waals surface area contributed by atoms with Crippen LogP contribution in [0.15, 0.2) is 48.5 Å². The smallest absolute Gasteiger partial charge is 0.337 e. The number of Topliss-reactive ketones (excluding diaryl/α,β-unsaturated/α-hetero) is 1. The second-order valence-corrected chi connectivity index (χ2v) is 5.53. The molecular weight excluding hydrogens is 288 g/mol. The number of rotatable bonds is 7. The van der Waals surface area contributed by atoms with Crippen molar-refractivity contribution in [2.24, 2.45) is 0 Å². The van der Waals surface area contributed by atoms with Crippen LogP contribution in [0.2, 0.25) is 0 Å². The first kappa shape index (κ1) is 16.9. The Kier molecular flexibility index (Phi) is 6.10. The molecule has 2 aromatic carbocycles. The van der Waals surface area contributed by atoms with Gasteiger partial charge in [-0.05, 0) is 29.7 Å². The van der Waals surface area contributed by atoms with Crippen LogP contribution in [-0.2, 0) is 4.74 Å². The third-order valence-corrected chi connectivity index (χ3v) is 3.85. The van der Waals surface area contributed by atoms with Crippen molar-refractivity contribution in [3.05, 3.63) is 59.7 Å². The van der Waals surface area contributed by atoms with Crippen LogP contribution in [0.3, 0.4) is 0 Å². The van der Waals surface area contributed by atoms with Crippen molar-refractivity contribution in [2.75, 3.05) is 7.11 Å².